The highest BCUT2D eigenvalue weighted by atomic mass is 32.2. The molecule has 7 rings (SSSR count). The predicted molar refractivity (Wildman–Crippen MR) is 137 cm³/mol. The molecule has 1 heteroatoms. The zero-order chi connectivity index (χ0) is 21.4. The molecule has 32 heavy (non-hydrogen) atoms. The van der Waals surface area contributed by atoms with Gasteiger partial charge in [0, 0.05) is 20.6 Å². The van der Waals surface area contributed by atoms with Gasteiger partial charge in [0.1, 0.15) is 0 Å². The maximum Gasteiger partial charge on any atom is 0.0207 e. The standard InChI is InChI=1S/C31H22S/c1-31(2)24-13-5-3-10-22(24)29-20(12-8-14-25(29)31)21-18-17-19-9-7-16-27-28(19)30(21)23-11-4-6-15-26(23)32-27/h3-18H,1-2H3. The van der Waals surface area contributed by atoms with E-state index in [1.165, 1.54) is 65.1 Å². The van der Waals surface area contributed by atoms with Crippen molar-refractivity contribution in [1.82, 2.24) is 0 Å². The quantitative estimate of drug-likeness (QED) is 0.253. The minimum Gasteiger partial charge on any atom is -0.0888 e. The van der Waals surface area contributed by atoms with E-state index in [-0.39, 0.29) is 5.41 Å². The van der Waals surface area contributed by atoms with Gasteiger partial charge in [-0.05, 0) is 62.0 Å². The Hall–Kier alpha value is -3.29. The SMILES string of the molecule is CC1(C)c2ccccc2-c2c(-c3ccc4cccc5c4c3-c3ccccc3S5)cccc21. The van der Waals surface area contributed by atoms with Crippen LogP contribution in [0.3, 0.4) is 0 Å². The van der Waals surface area contributed by atoms with Crippen LogP contribution in [-0.4, -0.2) is 0 Å². The summed E-state index contributed by atoms with van der Waals surface area (Å²) in [5, 5.41) is 2.70. The highest BCUT2D eigenvalue weighted by Gasteiger charge is 2.37. The molecule has 0 nitrogen and oxygen atoms in total. The molecular weight excluding hydrogens is 404 g/mol. The fraction of sp³-hybridized carbons (Fsp3) is 0.0968. The first-order valence-corrected chi connectivity index (χ1v) is 12.0. The van der Waals surface area contributed by atoms with Gasteiger partial charge in [0.15, 0.2) is 0 Å². The Morgan fingerprint density at radius 1 is 0.500 bits per heavy atom. The Labute approximate surface area is 192 Å². The average molecular weight is 427 g/mol. The van der Waals surface area contributed by atoms with E-state index in [1.54, 1.807) is 0 Å². The molecule has 152 valence electrons. The third kappa shape index (κ3) is 2.29. The summed E-state index contributed by atoms with van der Waals surface area (Å²) in [6, 6.07) is 36.0. The smallest absolute Gasteiger partial charge is 0.0207 e. The van der Waals surface area contributed by atoms with Gasteiger partial charge in [-0.25, -0.2) is 0 Å². The molecule has 0 fully saturated rings. The lowest BCUT2D eigenvalue weighted by molar-refractivity contribution is 0.660. The second-order valence-corrected chi connectivity index (χ2v) is 10.4. The second kappa shape index (κ2) is 6.37. The summed E-state index contributed by atoms with van der Waals surface area (Å²) in [5.74, 6) is 0. The number of hydrogen-bond acceptors (Lipinski definition) is 1. The van der Waals surface area contributed by atoms with Crippen LogP contribution in [0.2, 0.25) is 0 Å². The van der Waals surface area contributed by atoms with Crippen molar-refractivity contribution in [3.63, 3.8) is 0 Å². The van der Waals surface area contributed by atoms with Gasteiger partial charge >= 0.3 is 0 Å². The van der Waals surface area contributed by atoms with Crippen LogP contribution in [0, 0.1) is 0 Å². The number of fused-ring (bicyclic) bond motifs is 5. The number of hydrogen-bond donors (Lipinski definition) is 0. The molecule has 0 aromatic heterocycles. The lowest BCUT2D eigenvalue weighted by Gasteiger charge is -2.25. The Morgan fingerprint density at radius 3 is 2.06 bits per heavy atom. The van der Waals surface area contributed by atoms with Gasteiger partial charge in [-0.15, -0.1) is 0 Å². The van der Waals surface area contributed by atoms with Gasteiger partial charge in [-0.1, -0.05) is 111 Å². The van der Waals surface area contributed by atoms with Crippen molar-refractivity contribution in [3.05, 3.63) is 108 Å². The maximum absolute atomic E-state index is 2.36. The van der Waals surface area contributed by atoms with Crippen LogP contribution >= 0.6 is 11.8 Å². The van der Waals surface area contributed by atoms with E-state index >= 15 is 0 Å². The Bertz CT molecular complexity index is 1570. The largest absolute Gasteiger partial charge is 0.0888 e. The third-order valence-electron chi connectivity index (χ3n) is 7.28. The van der Waals surface area contributed by atoms with Crippen LogP contribution in [0.1, 0.15) is 25.0 Å². The molecule has 0 amide bonds. The fourth-order valence-electron chi connectivity index (χ4n) is 5.79. The molecule has 1 aliphatic carbocycles. The van der Waals surface area contributed by atoms with Gasteiger partial charge in [-0.3, -0.25) is 0 Å². The van der Waals surface area contributed by atoms with E-state index in [1.807, 2.05) is 11.8 Å². The summed E-state index contributed by atoms with van der Waals surface area (Å²) in [5.41, 5.74) is 11.0. The molecule has 0 saturated heterocycles. The van der Waals surface area contributed by atoms with Crippen LogP contribution < -0.4 is 0 Å². The summed E-state index contributed by atoms with van der Waals surface area (Å²) in [4.78, 5) is 2.69. The third-order valence-corrected chi connectivity index (χ3v) is 8.42. The first kappa shape index (κ1) is 18.3. The van der Waals surface area contributed by atoms with Crippen LogP contribution in [0.15, 0.2) is 107 Å². The van der Waals surface area contributed by atoms with E-state index in [0.717, 1.165) is 0 Å². The predicted octanol–water partition coefficient (Wildman–Crippen LogP) is 8.94. The van der Waals surface area contributed by atoms with Crippen LogP contribution in [-0.2, 0) is 5.41 Å². The molecule has 0 atom stereocenters. The topological polar surface area (TPSA) is 0 Å². The van der Waals surface area contributed by atoms with Gasteiger partial charge < -0.3 is 0 Å². The lowest BCUT2D eigenvalue weighted by atomic mass is 9.81. The molecule has 0 unspecified atom stereocenters. The van der Waals surface area contributed by atoms with E-state index in [2.05, 4.69) is 111 Å². The molecule has 5 aromatic carbocycles. The highest BCUT2D eigenvalue weighted by Crippen LogP contribution is 2.56. The fourth-order valence-corrected chi connectivity index (χ4v) is 6.93. The molecule has 5 aromatic rings. The van der Waals surface area contributed by atoms with Crippen molar-refractivity contribution in [3.8, 4) is 33.4 Å². The zero-order valence-electron chi connectivity index (χ0n) is 18.1. The lowest BCUT2D eigenvalue weighted by Crippen LogP contribution is -2.14. The summed E-state index contributed by atoms with van der Waals surface area (Å²) in [6.07, 6.45) is 0. The summed E-state index contributed by atoms with van der Waals surface area (Å²) >= 11 is 1.89. The summed E-state index contributed by atoms with van der Waals surface area (Å²) in [6.45, 7) is 4.71. The monoisotopic (exact) mass is 426 g/mol. The average Bonchev–Trinajstić information content (AvgIpc) is 3.07. The van der Waals surface area contributed by atoms with Crippen molar-refractivity contribution >= 4 is 22.5 Å². The molecule has 0 spiro atoms. The van der Waals surface area contributed by atoms with E-state index < -0.39 is 0 Å². The molecule has 1 aliphatic heterocycles. The van der Waals surface area contributed by atoms with Crippen molar-refractivity contribution in [1.29, 1.82) is 0 Å². The van der Waals surface area contributed by atoms with Gasteiger partial charge in [-0.2, -0.15) is 0 Å². The first-order chi connectivity index (χ1) is 15.6. The molecular formula is C31H22S. The van der Waals surface area contributed by atoms with E-state index in [0.29, 0.717) is 0 Å². The second-order valence-electron chi connectivity index (χ2n) is 9.34. The maximum atomic E-state index is 2.36. The summed E-state index contributed by atoms with van der Waals surface area (Å²) < 4.78 is 0. The van der Waals surface area contributed by atoms with Crippen LogP contribution in [0.5, 0.6) is 0 Å². The van der Waals surface area contributed by atoms with Crippen molar-refractivity contribution in [2.24, 2.45) is 0 Å². The van der Waals surface area contributed by atoms with Crippen LogP contribution in [0.4, 0.5) is 0 Å². The van der Waals surface area contributed by atoms with Gasteiger partial charge in [0.25, 0.3) is 0 Å². The molecule has 1 heterocycles. The number of benzene rings is 5. The van der Waals surface area contributed by atoms with Gasteiger partial charge in [0.2, 0.25) is 0 Å². The van der Waals surface area contributed by atoms with E-state index in [4.69, 9.17) is 0 Å². The first-order valence-electron chi connectivity index (χ1n) is 11.2. The van der Waals surface area contributed by atoms with Crippen molar-refractivity contribution < 1.29 is 0 Å². The van der Waals surface area contributed by atoms with E-state index in [9.17, 15) is 0 Å². The van der Waals surface area contributed by atoms with Crippen LogP contribution in [0.25, 0.3) is 44.2 Å². The molecule has 0 saturated carbocycles. The molecule has 0 N–H and O–H groups in total. The minimum atomic E-state index is 0.00887. The van der Waals surface area contributed by atoms with Crippen molar-refractivity contribution in [2.45, 2.75) is 29.1 Å². The Morgan fingerprint density at radius 2 is 1.16 bits per heavy atom. The Kier molecular flexibility index (Phi) is 3.64. The van der Waals surface area contributed by atoms with Gasteiger partial charge in [0.05, 0.1) is 0 Å². The molecule has 2 aliphatic rings. The Balaban J connectivity index is 1.63. The minimum absolute atomic E-state index is 0.00887. The number of rotatable bonds is 1. The van der Waals surface area contributed by atoms with Crippen molar-refractivity contribution in [2.75, 3.05) is 0 Å². The highest BCUT2D eigenvalue weighted by molar-refractivity contribution is 7.99. The zero-order valence-corrected chi connectivity index (χ0v) is 19.0. The normalized spacial score (nSPS) is 14.7. The molecule has 0 radical (unpaired) electrons. The summed E-state index contributed by atoms with van der Waals surface area (Å²) in [7, 11) is 0. The molecule has 0 bridgehead atoms.